The summed E-state index contributed by atoms with van der Waals surface area (Å²) < 4.78 is 29.2. The van der Waals surface area contributed by atoms with E-state index in [2.05, 4.69) is 9.69 Å². The van der Waals surface area contributed by atoms with Crippen molar-refractivity contribution in [1.82, 2.24) is 9.69 Å². The van der Waals surface area contributed by atoms with Crippen molar-refractivity contribution in [3.8, 4) is 11.5 Å². The summed E-state index contributed by atoms with van der Waals surface area (Å²) in [4.78, 5) is 41.0. The average molecular weight is 540 g/mol. The number of nitrogens with one attached hydrogen (secondary N) is 1. The lowest BCUT2D eigenvalue weighted by molar-refractivity contribution is -0.123. The third-order valence-electron chi connectivity index (χ3n) is 6.57. The molecule has 1 atom stereocenters. The van der Waals surface area contributed by atoms with Gasteiger partial charge in [-0.25, -0.2) is 4.39 Å². The lowest BCUT2D eigenvalue weighted by Gasteiger charge is -2.33. The van der Waals surface area contributed by atoms with Gasteiger partial charge in [-0.05, 0) is 54.2 Å². The van der Waals surface area contributed by atoms with E-state index in [1.54, 1.807) is 18.2 Å². The van der Waals surface area contributed by atoms with Gasteiger partial charge >= 0.3 is 0 Å². The van der Waals surface area contributed by atoms with Crippen LogP contribution in [0.4, 0.5) is 15.8 Å². The lowest BCUT2D eigenvalue weighted by atomic mass is 10.0. The van der Waals surface area contributed by atoms with Crippen molar-refractivity contribution in [3.05, 3.63) is 64.4 Å². The largest absolute Gasteiger partial charge is 0.486 e. The summed E-state index contributed by atoms with van der Waals surface area (Å²) in [5.74, 6) is -1.59. The summed E-state index contributed by atoms with van der Waals surface area (Å²) in [6.45, 7) is 0.696. The van der Waals surface area contributed by atoms with Gasteiger partial charge in [-0.15, -0.1) is 0 Å². The van der Waals surface area contributed by atoms with Crippen LogP contribution in [0.25, 0.3) is 0 Å². The summed E-state index contributed by atoms with van der Waals surface area (Å²) in [5, 5.41) is 3.05. The molecule has 3 amide bonds. The zero-order chi connectivity index (χ0) is 26.8. The van der Waals surface area contributed by atoms with Crippen molar-refractivity contribution in [2.45, 2.75) is 37.8 Å². The Balaban J connectivity index is 1.64. The molecule has 2 heterocycles. The number of hydrogen-bond acceptors (Lipinski definition) is 8. The second-order valence-electron chi connectivity index (χ2n) is 9.09. The Morgan fingerprint density at radius 2 is 1.74 bits per heavy atom. The summed E-state index contributed by atoms with van der Waals surface area (Å²) in [6.07, 6.45) is 3.63. The molecule has 0 radical (unpaired) electrons. The molecule has 0 bridgehead atoms. The number of hydrogen-bond donors (Lipinski definition) is 3. The molecule has 5 rings (SSSR count). The highest BCUT2D eigenvalue weighted by atomic mass is 32.1. The Labute approximate surface area is 221 Å². The minimum Gasteiger partial charge on any atom is -0.486 e. The molecule has 38 heavy (non-hydrogen) atoms. The van der Waals surface area contributed by atoms with Gasteiger partial charge in [0.25, 0.3) is 11.8 Å². The van der Waals surface area contributed by atoms with E-state index < -0.39 is 29.6 Å². The summed E-state index contributed by atoms with van der Waals surface area (Å²) in [7, 11) is 0. The van der Waals surface area contributed by atoms with Crippen LogP contribution in [0.5, 0.6) is 11.5 Å². The number of primary amides is 1. The number of nitrogens with zero attached hydrogens (tertiary/aromatic N) is 2. The van der Waals surface area contributed by atoms with E-state index in [-0.39, 0.29) is 22.3 Å². The smallest absolute Gasteiger partial charge is 0.273 e. The zero-order valence-corrected chi connectivity index (χ0v) is 21.1. The van der Waals surface area contributed by atoms with Gasteiger partial charge < -0.3 is 26.3 Å². The second kappa shape index (κ2) is 10.7. The summed E-state index contributed by atoms with van der Waals surface area (Å²) in [6, 6.07) is 8.98. The van der Waals surface area contributed by atoms with Crippen molar-refractivity contribution in [1.29, 1.82) is 0 Å². The standard InChI is InChI=1S/C26H26FN5O5S/c27-15-7-5-14(6-8-15)22(25(34)30-16-3-1-2-4-16)32(17-9-10-18-19(13-17)37-12-11-36-18)26(35)23-20(28)21(24(29)33)31-38-23/h5-10,13,16,22H,1-4,11-12,28H2,(H2,29,33)(H,30,34). The van der Waals surface area contributed by atoms with Crippen molar-refractivity contribution in [2.75, 3.05) is 23.8 Å². The summed E-state index contributed by atoms with van der Waals surface area (Å²) in [5.41, 5.74) is 11.8. The molecular weight excluding hydrogens is 513 g/mol. The fourth-order valence-corrected chi connectivity index (χ4v) is 5.46. The van der Waals surface area contributed by atoms with Gasteiger partial charge in [0, 0.05) is 17.8 Å². The van der Waals surface area contributed by atoms with Crippen molar-refractivity contribution in [3.63, 3.8) is 0 Å². The molecule has 12 heteroatoms. The topological polar surface area (TPSA) is 150 Å². The lowest BCUT2D eigenvalue weighted by Crippen LogP contribution is -2.46. The van der Waals surface area contributed by atoms with Crippen molar-refractivity contribution >= 4 is 40.6 Å². The van der Waals surface area contributed by atoms with E-state index in [1.807, 2.05) is 0 Å². The maximum absolute atomic E-state index is 14.1. The van der Waals surface area contributed by atoms with Gasteiger partial charge in [-0.1, -0.05) is 25.0 Å². The number of amides is 3. The molecule has 1 saturated carbocycles. The van der Waals surface area contributed by atoms with Crippen LogP contribution in [0.1, 0.15) is 57.4 Å². The fourth-order valence-electron chi connectivity index (χ4n) is 4.72. The van der Waals surface area contributed by atoms with Gasteiger partial charge in [-0.3, -0.25) is 19.3 Å². The molecule has 5 N–H and O–H groups in total. The maximum atomic E-state index is 14.1. The highest BCUT2D eigenvalue weighted by Crippen LogP contribution is 2.39. The number of anilines is 2. The number of aromatic nitrogens is 1. The Kier molecular flexibility index (Phi) is 7.14. The van der Waals surface area contributed by atoms with Gasteiger partial charge in [0.15, 0.2) is 17.2 Å². The first-order chi connectivity index (χ1) is 18.3. The molecule has 3 aromatic rings. The van der Waals surface area contributed by atoms with Crippen molar-refractivity contribution in [2.24, 2.45) is 5.73 Å². The monoisotopic (exact) mass is 539 g/mol. The Morgan fingerprint density at radius 1 is 1.05 bits per heavy atom. The molecule has 0 saturated heterocycles. The van der Waals surface area contributed by atoms with Crippen LogP contribution in [0.3, 0.4) is 0 Å². The number of halogens is 1. The Bertz CT molecular complexity index is 1370. The first-order valence-corrected chi connectivity index (χ1v) is 12.9. The minimum atomic E-state index is -1.20. The minimum absolute atomic E-state index is 0.0439. The van der Waals surface area contributed by atoms with E-state index in [0.29, 0.717) is 47.5 Å². The van der Waals surface area contributed by atoms with E-state index in [9.17, 15) is 18.8 Å². The van der Waals surface area contributed by atoms with Crippen LogP contribution in [0.15, 0.2) is 42.5 Å². The Hall–Kier alpha value is -4.19. The first-order valence-electron chi connectivity index (χ1n) is 12.2. The Morgan fingerprint density at radius 3 is 2.39 bits per heavy atom. The molecule has 10 nitrogen and oxygen atoms in total. The highest BCUT2D eigenvalue weighted by Gasteiger charge is 2.37. The van der Waals surface area contributed by atoms with Gasteiger partial charge in [0.1, 0.15) is 29.9 Å². The zero-order valence-electron chi connectivity index (χ0n) is 20.3. The molecule has 1 aliphatic carbocycles. The number of fused-ring (bicyclic) bond motifs is 1. The number of benzene rings is 2. The van der Waals surface area contributed by atoms with Crippen LogP contribution in [0.2, 0.25) is 0 Å². The van der Waals surface area contributed by atoms with E-state index in [0.717, 1.165) is 25.7 Å². The molecule has 1 fully saturated rings. The van der Waals surface area contributed by atoms with Gasteiger partial charge in [0.05, 0.1) is 5.69 Å². The number of rotatable bonds is 7. The predicted molar refractivity (Wildman–Crippen MR) is 139 cm³/mol. The fraction of sp³-hybridized carbons (Fsp3) is 0.308. The highest BCUT2D eigenvalue weighted by molar-refractivity contribution is 7.09. The van der Waals surface area contributed by atoms with E-state index >= 15 is 0 Å². The van der Waals surface area contributed by atoms with Crippen LogP contribution in [0, 0.1) is 5.82 Å². The molecule has 1 unspecified atom stereocenters. The van der Waals surface area contributed by atoms with Crippen LogP contribution in [-0.4, -0.2) is 41.4 Å². The number of ether oxygens (including phenoxy) is 2. The van der Waals surface area contributed by atoms with Crippen LogP contribution in [-0.2, 0) is 4.79 Å². The molecule has 198 valence electrons. The SMILES string of the molecule is NC(=O)c1nsc(C(=O)N(c2ccc3c(c2)OCCO3)C(C(=O)NC2CCCC2)c2ccc(F)cc2)c1N. The molecular formula is C26H26FN5O5S. The van der Waals surface area contributed by atoms with E-state index in [1.165, 1.54) is 29.2 Å². The number of nitrogens with two attached hydrogens (primary N) is 2. The average Bonchev–Trinajstić information content (AvgIpc) is 3.56. The number of nitrogen functional groups attached to an aromatic ring is 1. The number of carbonyl (C=O) groups is 3. The number of carbonyl (C=O) groups excluding carboxylic acids is 3. The van der Waals surface area contributed by atoms with Crippen molar-refractivity contribution < 1.29 is 28.2 Å². The molecule has 1 aromatic heterocycles. The first kappa shape index (κ1) is 25.5. The normalized spacial score (nSPS) is 15.6. The van der Waals surface area contributed by atoms with Crippen LogP contribution >= 0.6 is 11.5 Å². The van der Waals surface area contributed by atoms with E-state index in [4.69, 9.17) is 20.9 Å². The van der Waals surface area contributed by atoms with Gasteiger partial charge in [0.2, 0.25) is 5.91 Å². The van der Waals surface area contributed by atoms with Gasteiger partial charge in [-0.2, -0.15) is 4.37 Å². The quantitative estimate of drug-likeness (QED) is 0.417. The maximum Gasteiger partial charge on any atom is 0.273 e. The molecule has 2 aliphatic rings. The molecule has 2 aromatic carbocycles. The summed E-state index contributed by atoms with van der Waals surface area (Å²) >= 11 is 0.709. The molecule has 1 aliphatic heterocycles. The second-order valence-corrected chi connectivity index (χ2v) is 9.86. The van der Waals surface area contributed by atoms with Crippen LogP contribution < -0.4 is 31.2 Å². The molecule has 0 spiro atoms. The third-order valence-corrected chi connectivity index (χ3v) is 7.42. The predicted octanol–water partition coefficient (Wildman–Crippen LogP) is 3.18. The third kappa shape index (κ3) is 4.99.